The number of rotatable bonds is 3. The first-order chi connectivity index (χ1) is 10.3. The largest absolute Gasteiger partial charge is 0.416 e. The first-order valence-corrected chi connectivity index (χ1v) is 6.54. The summed E-state index contributed by atoms with van der Waals surface area (Å²) in [5, 5.41) is 2.62. The lowest BCUT2D eigenvalue weighted by molar-refractivity contribution is -0.137. The number of amides is 1. The molecule has 2 aromatic carbocycles. The Morgan fingerprint density at radius 1 is 1.14 bits per heavy atom. The maximum absolute atomic E-state index is 13.2. The Morgan fingerprint density at radius 2 is 1.82 bits per heavy atom. The zero-order chi connectivity index (χ0) is 16.3. The number of benzene rings is 2. The van der Waals surface area contributed by atoms with Crippen LogP contribution in [0, 0.1) is 5.82 Å². The smallest absolute Gasteiger partial charge is 0.348 e. The van der Waals surface area contributed by atoms with Crippen LogP contribution in [0.4, 0.5) is 17.6 Å². The topological polar surface area (TPSA) is 29.1 Å². The fraction of sp³-hybridized carbons (Fsp3) is 0.133. The van der Waals surface area contributed by atoms with Crippen LogP contribution in [0.2, 0.25) is 5.02 Å². The lowest BCUT2D eigenvalue weighted by Crippen LogP contribution is -2.23. The molecule has 0 aromatic heterocycles. The summed E-state index contributed by atoms with van der Waals surface area (Å²) in [6, 6.07) is 8.36. The van der Waals surface area contributed by atoms with Crippen LogP contribution in [0.25, 0.3) is 0 Å². The minimum Gasteiger partial charge on any atom is -0.348 e. The van der Waals surface area contributed by atoms with Gasteiger partial charge in [0, 0.05) is 6.54 Å². The minimum atomic E-state index is -4.65. The number of carbonyl (C=O) groups is 1. The third-order valence-corrected chi connectivity index (χ3v) is 3.19. The van der Waals surface area contributed by atoms with Crippen LogP contribution >= 0.6 is 11.6 Å². The van der Waals surface area contributed by atoms with Crippen molar-refractivity contribution in [3.63, 3.8) is 0 Å². The number of carbonyl (C=O) groups excluding carboxylic acids is 1. The monoisotopic (exact) mass is 331 g/mol. The minimum absolute atomic E-state index is 0.00716. The molecule has 2 nitrogen and oxygen atoms in total. The molecule has 2 aromatic rings. The van der Waals surface area contributed by atoms with Crippen molar-refractivity contribution < 1.29 is 22.4 Å². The van der Waals surface area contributed by atoms with Crippen LogP contribution in [0.15, 0.2) is 42.5 Å². The summed E-state index contributed by atoms with van der Waals surface area (Å²) in [6.07, 6.45) is -4.65. The van der Waals surface area contributed by atoms with Crippen LogP contribution in [-0.4, -0.2) is 5.91 Å². The SMILES string of the molecule is O=C(NCc1cc(F)cc(C(F)(F)F)c1)c1ccccc1Cl. The maximum atomic E-state index is 13.2. The molecule has 0 spiro atoms. The molecule has 0 atom stereocenters. The molecule has 0 bridgehead atoms. The first-order valence-electron chi connectivity index (χ1n) is 6.17. The highest BCUT2D eigenvalue weighted by Gasteiger charge is 2.31. The van der Waals surface area contributed by atoms with Crippen molar-refractivity contribution in [2.45, 2.75) is 12.7 Å². The second-order valence-electron chi connectivity index (χ2n) is 4.51. The summed E-state index contributed by atoms with van der Waals surface area (Å²) >= 11 is 5.84. The third-order valence-electron chi connectivity index (χ3n) is 2.86. The quantitative estimate of drug-likeness (QED) is 0.828. The maximum Gasteiger partial charge on any atom is 0.416 e. The molecule has 0 radical (unpaired) electrons. The van der Waals surface area contributed by atoms with Gasteiger partial charge in [-0.2, -0.15) is 13.2 Å². The molecule has 116 valence electrons. The molecule has 2 rings (SSSR count). The Morgan fingerprint density at radius 3 is 2.45 bits per heavy atom. The first kappa shape index (κ1) is 16.3. The van der Waals surface area contributed by atoms with Crippen molar-refractivity contribution >= 4 is 17.5 Å². The van der Waals surface area contributed by atoms with Gasteiger partial charge in [0.15, 0.2) is 0 Å². The Labute approximate surface area is 128 Å². The average Bonchev–Trinajstić information content (AvgIpc) is 2.44. The molecule has 1 amide bonds. The van der Waals surface area contributed by atoms with E-state index < -0.39 is 23.5 Å². The van der Waals surface area contributed by atoms with Gasteiger partial charge in [0.25, 0.3) is 5.91 Å². The van der Waals surface area contributed by atoms with E-state index in [4.69, 9.17) is 11.6 Å². The summed E-state index contributed by atoms with van der Waals surface area (Å²) in [6.45, 7) is -0.245. The Hall–Kier alpha value is -2.08. The standard InChI is InChI=1S/C15H10ClF4NO/c16-13-4-2-1-3-12(13)14(22)21-8-9-5-10(15(18,19)20)7-11(17)6-9/h1-7H,8H2,(H,21,22). The van der Waals surface area contributed by atoms with Crippen LogP contribution in [-0.2, 0) is 12.7 Å². The zero-order valence-corrected chi connectivity index (χ0v) is 11.8. The van der Waals surface area contributed by atoms with E-state index in [9.17, 15) is 22.4 Å². The number of hydrogen-bond acceptors (Lipinski definition) is 1. The van der Waals surface area contributed by atoms with Crippen molar-refractivity contribution in [3.05, 3.63) is 70.0 Å². The van der Waals surface area contributed by atoms with E-state index in [-0.39, 0.29) is 22.7 Å². The van der Waals surface area contributed by atoms with Crippen LogP contribution in [0.3, 0.4) is 0 Å². The van der Waals surface area contributed by atoms with Gasteiger partial charge < -0.3 is 5.32 Å². The Balaban J connectivity index is 2.14. The molecule has 0 saturated heterocycles. The second-order valence-corrected chi connectivity index (χ2v) is 4.92. The molecular weight excluding hydrogens is 322 g/mol. The molecule has 0 aliphatic heterocycles. The van der Waals surface area contributed by atoms with Gasteiger partial charge in [-0.05, 0) is 35.9 Å². The predicted octanol–water partition coefficient (Wildman–Crippen LogP) is 4.43. The van der Waals surface area contributed by atoms with E-state index in [1.807, 2.05) is 0 Å². The van der Waals surface area contributed by atoms with E-state index in [1.165, 1.54) is 12.1 Å². The van der Waals surface area contributed by atoms with Crippen molar-refractivity contribution in [1.82, 2.24) is 5.32 Å². The predicted molar refractivity (Wildman–Crippen MR) is 74.0 cm³/mol. The van der Waals surface area contributed by atoms with Gasteiger partial charge >= 0.3 is 6.18 Å². The lowest BCUT2D eigenvalue weighted by atomic mass is 10.1. The highest BCUT2D eigenvalue weighted by atomic mass is 35.5. The van der Waals surface area contributed by atoms with Crippen molar-refractivity contribution in [3.8, 4) is 0 Å². The summed E-state index contributed by atoms with van der Waals surface area (Å²) < 4.78 is 51.0. The average molecular weight is 332 g/mol. The molecule has 0 unspecified atom stereocenters. The van der Waals surface area contributed by atoms with Crippen molar-refractivity contribution in [2.75, 3.05) is 0 Å². The molecule has 0 aliphatic rings. The number of halogens is 5. The van der Waals surface area contributed by atoms with E-state index >= 15 is 0 Å². The summed E-state index contributed by atoms with van der Waals surface area (Å²) in [5.41, 5.74) is -0.904. The number of nitrogens with one attached hydrogen (secondary N) is 1. The fourth-order valence-electron chi connectivity index (χ4n) is 1.84. The number of hydrogen-bond donors (Lipinski definition) is 1. The van der Waals surface area contributed by atoms with Crippen LogP contribution in [0.5, 0.6) is 0 Å². The summed E-state index contributed by atoms with van der Waals surface area (Å²) in [5.74, 6) is -1.57. The molecule has 0 saturated carbocycles. The summed E-state index contributed by atoms with van der Waals surface area (Å²) in [7, 11) is 0. The normalized spacial score (nSPS) is 11.3. The zero-order valence-electron chi connectivity index (χ0n) is 11.0. The highest BCUT2D eigenvalue weighted by molar-refractivity contribution is 6.33. The van der Waals surface area contributed by atoms with E-state index in [0.717, 1.165) is 12.1 Å². The highest BCUT2D eigenvalue weighted by Crippen LogP contribution is 2.30. The summed E-state index contributed by atoms with van der Waals surface area (Å²) in [4.78, 5) is 11.9. The number of alkyl halides is 3. The molecule has 1 N–H and O–H groups in total. The Kier molecular flexibility index (Phi) is 4.71. The van der Waals surface area contributed by atoms with Gasteiger partial charge in [-0.25, -0.2) is 4.39 Å². The van der Waals surface area contributed by atoms with Gasteiger partial charge in [0.05, 0.1) is 16.1 Å². The van der Waals surface area contributed by atoms with E-state index in [0.29, 0.717) is 6.07 Å². The van der Waals surface area contributed by atoms with Gasteiger partial charge in [-0.15, -0.1) is 0 Å². The van der Waals surface area contributed by atoms with Crippen molar-refractivity contribution in [2.24, 2.45) is 0 Å². The molecule has 0 heterocycles. The Bertz CT molecular complexity index is 700. The van der Waals surface area contributed by atoms with Crippen LogP contribution < -0.4 is 5.32 Å². The molecule has 22 heavy (non-hydrogen) atoms. The van der Waals surface area contributed by atoms with Gasteiger partial charge in [-0.3, -0.25) is 4.79 Å². The molecular formula is C15H10ClF4NO. The van der Waals surface area contributed by atoms with E-state index in [2.05, 4.69) is 5.32 Å². The molecule has 7 heteroatoms. The third kappa shape index (κ3) is 3.98. The molecule has 0 aliphatic carbocycles. The second kappa shape index (κ2) is 6.36. The van der Waals surface area contributed by atoms with Gasteiger partial charge in [0.1, 0.15) is 5.82 Å². The van der Waals surface area contributed by atoms with Gasteiger partial charge in [0.2, 0.25) is 0 Å². The van der Waals surface area contributed by atoms with E-state index in [1.54, 1.807) is 12.1 Å². The fourth-order valence-corrected chi connectivity index (χ4v) is 2.06. The van der Waals surface area contributed by atoms with Crippen LogP contribution in [0.1, 0.15) is 21.5 Å². The molecule has 0 fully saturated rings. The van der Waals surface area contributed by atoms with Crippen molar-refractivity contribution in [1.29, 1.82) is 0 Å². The van der Waals surface area contributed by atoms with Gasteiger partial charge in [-0.1, -0.05) is 23.7 Å². The lowest BCUT2D eigenvalue weighted by Gasteiger charge is -2.11.